The fourth-order valence-electron chi connectivity index (χ4n) is 3.85. The van der Waals surface area contributed by atoms with E-state index in [9.17, 15) is 4.79 Å². The van der Waals surface area contributed by atoms with Gasteiger partial charge in [0, 0.05) is 11.7 Å². The molecule has 0 radical (unpaired) electrons. The minimum absolute atomic E-state index is 0. The number of carbonyl (C=O) groups excluding carboxylic acids is 1. The zero-order chi connectivity index (χ0) is 15.5. The fraction of sp³-hybridized carbons (Fsp3) is 0.611. The maximum atomic E-state index is 12.8. The number of para-hydroxylation sites is 1. The van der Waals surface area contributed by atoms with E-state index in [-0.39, 0.29) is 24.4 Å². The van der Waals surface area contributed by atoms with Crippen LogP contribution < -0.4 is 10.2 Å². The molecule has 0 saturated carbocycles. The molecule has 23 heavy (non-hydrogen) atoms. The smallest absolute Gasteiger partial charge is 0.241 e. The van der Waals surface area contributed by atoms with Gasteiger partial charge in [-0.05, 0) is 70.4 Å². The van der Waals surface area contributed by atoms with E-state index in [1.165, 1.54) is 18.4 Å². The monoisotopic (exact) mass is 337 g/mol. The van der Waals surface area contributed by atoms with Crippen LogP contribution in [-0.2, 0) is 11.2 Å². The zero-order valence-corrected chi connectivity index (χ0v) is 14.9. The normalized spacial score (nSPS) is 21.8. The van der Waals surface area contributed by atoms with Gasteiger partial charge < -0.3 is 10.2 Å². The molecule has 0 spiro atoms. The van der Waals surface area contributed by atoms with Gasteiger partial charge in [0.05, 0.1) is 6.54 Å². The van der Waals surface area contributed by atoms with Gasteiger partial charge in [0.2, 0.25) is 5.91 Å². The Bertz CT molecular complexity index is 529. The van der Waals surface area contributed by atoms with Crippen LogP contribution in [0.2, 0.25) is 0 Å². The summed E-state index contributed by atoms with van der Waals surface area (Å²) in [5.41, 5.74) is 2.42. The first-order chi connectivity index (χ1) is 10.7. The minimum atomic E-state index is 0. The van der Waals surface area contributed by atoms with Crippen molar-refractivity contribution < 1.29 is 4.79 Å². The Morgan fingerprint density at radius 2 is 1.96 bits per heavy atom. The molecule has 1 aromatic carbocycles. The number of rotatable bonds is 4. The molecule has 3 rings (SSSR count). The van der Waals surface area contributed by atoms with Gasteiger partial charge in [-0.2, -0.15) is 0 Å². The Hall–Kier alpha value is -1.10. The summed E-state index contributed by atoms with van der Waals surface area (Å²) in [5.74, 6) is 1.02. The molecular formula is C18H28ClN3O. The highest BCUT2D eigenvalue weighted by Crippen LogP contribution is 2.32. The number of anilines is 1. The summed E-state index contributed by atoms with van der Waals surface area (Å²) in [6, 6.07) is 8.59. The SMILES string of the molecule is CNCC1CCN(CC(=O)N2c3ccccc3CC2C)CC1.Cl. The highest BCUT2D eigenvalue weighted by atomic mass is 35.5. The number of hydrogen-bond acceptors (Lipinski definition) is 3. The second-order valence-corrected chi connectivity index (χ2v) is 6.72. The second-order valence-electron chi connectivity index (χ2n) is 6.72. The van der Waals surface area contributed by atoms with Crippen LogP contribution >= 0.6 is 12.4 Å². The number of nitrogens with zero attached hydrogens (tertiary/aromatic N) is 2. The van der Waals surface area contributed by atoms with Crippen molar-refractivity contribution in [1.29, 1.82) is 0 Å². The van der Waals surface area contributed by atoms with Crippen LogP contribution in [-0.4, -0.2) is 50.1 Å². The first-order valence-corrected chi connectivity index (χ1v) is 8.46. The number of amides is 1. The minimum Gasteiger partial charge on any atom is -0.319 e. The van der Waals surface area contributed by atoms with Crippen molar-refractivity contribution in [3.8, 4) is 0 Å². The highest BCUT2D eigenvalue weighted by Gasteiger charge is 2.31. The van der Waals surface area contributed by atoms with Gasteiger partial charge in [0.25, 0.3) is 0 Å². The summed E-state index contributed by atoms with van der Waals surface area (Å²) in [6.07, 6.45) is 3.37. The predicted molar refractivity (Wildman–Crippen MR) is 97.4 cm³/mol. The highest BCUT2D eigenvalue weighted by molar-refractivity contribution is 5.97. The molecule has 2 aliphatic heterocycles. The predicted octanol–water partition coefficient (Wildman–Crippen LogP) is 2.32. The number of nitrogens with one attached hydrogen (secondary N) is 1. The Morgan fingerprint density at radius 1 is 1.26 bits per heavy atom. The third-order valence-electron chi connectivity index (χ3n) is 5.03. The Kier molecular flexibility index (Phi) is 6.45. The summed E-state index contributed by atoms with van der Waals surface area (Å²) in [5, 5.41) is 3.26. The first kappa shape index (κ1) is 18.2. The van der Waals surface area contributed by atoms with E-state index in [4.69, 9.17) is 0 Å². The number of benzene rings is 1. The van der Waals surface area contributed by atoms with Crippen molar-refractivity contribution in [3.63, 3.8) is 0 Å². The molecule has 128 valence electrons. The van der Waals surface area contributed by atoms with Crippen LogP contribution in [0.5, 0.6) is 0 Å². The Morgan fingerprint density at radius 3 is 2.65 bits per heavy atom. The number of hydrogen-bond donors (Lipinski definition) is 1. The molecule has 1 fully saturated rings. The number of piperidine rings is 1. The maximum Gasteiger partial charge on any atom is 0.241 e. The Balaban J connectivity index is 0.00000192. The van der Waals surface area contributed by atoms with Gasteiger partial charge >= 0.3 is 0 Å². The van der Waals surface area contributed by atoms with Crippen LogP contribution in [0.3, 0.4) is 0 Å². The molecule has 5 heteroatoms. The molecule has 0 aliphatic carbocycles. The van der Waals surface area contributed by atoms with E-state index in [0.29, 0.717) is 6.54 Å². The lowest BCUT2D eigenvalue weighted by atomic mass is 9.97. The van der Waals surface area contributed by atoms with Crippen LogP contribution in [0.1, 0.15) is 25.3 Å². The van der Waals surface area contributed by atoms with Crippen LogP contribution in [0.25, 0.3) is 0 Å². The lowest BCUT2D eigenvalue weighted by molar-refractivity contribution is -0.120. The molecule has 1 saturated heterocycles. The topological polar surface area (TPSA) is 35.6 Å². The summed E-state index contributed by atoms with van der Waals surface area (Å²) < 4.78 is 0. The molecule has 1 unspecified atom stereocenters. The van der Waals surface area contributed by atoms with Crippen LogP contribution in [0.4, 0.5) is 5.69 Å². The molecule has 1 atom stereocenters. The Labute approximate surface area is 145 Å². The second kappa shape index (κ2) is 8.13. The molecule has 1 aromatic rings. The zero-order valence-electron chi connectivity index (χ0n) is 14.1. The van der Waals surface area contributed by atoms with Crippen molar-refractivity contribution in [1.82, 2.24) is 10.2 Å². The molecule has 0 aromatic heterocycles. The molecule has 4 nitrogen and oxygen atoms in total. The van der Waals surface area contributed by atoms with Gasteiger partial charge in [-0.1, -0.05) is 18.2 Å². The molecule has 2 aliphatic rings. The van der Waals surface area contributed by atoms with E-state index in [0.717, 1.165) is 37.7 Å². The van der Waals surface area contributed by atoms with Crippen LogP contribution in [0, 0.1) is 5.92 Å². The largest absolute Gasteiger partial charge is 0.319 e. The summed E-state index contributed by atoms with van der Waals surface area (Å²) in [6.45, 7) is 5.89. The molecule has 1 amide bonds. The van der Waals surface area contributed by atoms with Gasteiger partial charge in [0.1, 0.15) is 0 Å². The van der Waals surface area contributed by atoms with E-state index in [2.05, 4.69) is 35.3 Å². The molecular weight excluding hydrogens is 310 g/mol. The summed E-state index contributed by atoms with van der Waals surface area (Å²) in [4.78, 5) is 17.1. The van der Waals surface area contributed by atoms with Gasteiger partial charge in [-0.15, -0.1) is 12.4 Å². The van der Waals surface area contributed by atoms with E-state index in [1.807, 2.05) is 18.0 Å². The van der Waals surface area contributed by atoms with Crippen molar-refractivity contribution in [2.75, 3.05) is 38.1 Å². The molecule has 0 bridgehead atoms. The molecule has 1 N–H and O–H groups in total. The number of carbonyl (C=O) groups is 1. The van der Waals surface area contributed by atoms with Crippen LogP contribution in [0.15, 0.2) is 24.3 Å². The average molecular weight is 338 g/mol. The van der Waals surface area contributed by atoms with E-state index in [1.54, 1.807) is 0 Å². The lowest BCUT2D eigenvalue weighted by Crippen LogP contribution is -2.46. The van der Waals surface area contributed by atoms with Crippen molar-refractivity contribution >= 4 is 24.0 Å². The fourth-order valence-corrected chi connectivity index (χ4v) is 3.85. The lowest BCUT2D eigenvalue weighted by Gasteiger charge is -2.33. The average Bonchev–Trinajstić information content (AvgIpc) is 2.85. The van der Waals surface area contributed by atoms with Crippen molar-refractivity contribution in [2.24, 2.45) is 5.92 Å². The third-order valence-corrected chi connectivity index (χ3v) is 5.03. The summed E-state index contributed by atoms with van der Waals surface area (Å²) in [7, 11) is 2.02. The third kappa shape index (κ3) is 4.06. The maximum absolute atomic E-state index is 12.8. The van der Waals surface area contributed by atoms with E-state index >= 15 is 0 Å². The van der Waals surface area contributed by atoms with Gasteiger partial charge in [-0.25, -0.2) is 0 Å². The summed E-state index contributed by atoms with van der Waals surface area (Å²) >= 11 is 0. The van der Waals surface area contributed by atoms with E-state index < -0.39 is 0 Å². The standard InChI is InChI=1S/C18H27N3O.ClH/c1-14-11-16-5-3-4-6-17(16)21(14)18(22)13-20-9-7-15(8-10-20)12-19-2;/h3-6,14-15,19H,7-13H2,1-2H3;1H. The number of halogens is 1. The molecule has 2 heterocycles. The number of fused-ring (bicyclic) bond motifs is 1. The van der Waals surface area contributed by atoms with Gasteiger partial charge in [0.15, 0.2) is 0 Å². The van der Waals surface area contributed by atoms with Crippen molar-refractivity contribution in [2.45, 2.75) is 32.2 Å². The van der Waals surface area contributed by atoms with Gasteiger partial charge in [-0.3, -0.25) is 9.69 Å². The number of likely N-dealkylation sites (tertiary alicyclic amines) is 1. The first-order valence-electron chi connectivity index (χ1n) is 8.46. The van der Waals surface area contributed by atoms with Crippen molar-refractivity contribution in [3.05, 3.63) is 29.8 Å². The quantitative estimate of drug-likeness (QED) is 0.916.